The molecule has 4 rings (SSSR count). The summed E-state index contributed by atoms with van der Waals surface area (Å²) in [5, 5.41) is 12.4. The molecule has 0 aliphatic carbocycles. The zero-order valence-electron chi connectivity index (χ0n) is 23.0. The molecule has 3 aliphatic rings. The summed E-state index contributed by atoms with van der Waals surface area (Å²) in [6.45, 7) is 7.04. The maximum atomic E-state index is 13.1. The van der Waals surface area contributed by atoms with Crippen molar-refractivity contribution in [2.24, 2.45) is 0 Å². The van der Waals surface area contributed by atoms with Gasteiger partial charge in [-0.25, -0.2) is 0 Å². The van der Waals surface area contributed by atoms with Crippen molar-refractivity contribution in [1.82, 2.24) is 20.9 Å². The number of amides is 4. The Morgan fingerprint density at radius 3 is 2.20 bits per heavy atom. The maximum Gasteiger partial charge on any atom is 0.264 e. The van der Waals surface area contributed by atoms with Gasteiger partial charge in [0.25, 0.3) is 11.8 Å². The smallest absolute Gasteiger partial charge is 0.264 e. The monoisotopic (exact) mass is 559 g/mol. The second-order valence-corrected chi connectivity index (χ2v) is 10.1. The second-order valence-electron chi connectivity index (χ2n) is 10.1. The Kier molecular flexibility index (Phi) is 11.9. The Morgan fingerprint density at radius 2 is 1.50 bits per heavy atom. The fraction of sp³-hybridized carbons (Fsp3) is 0.643. The van der Waals surface area contributed by atoms with E-state index in [-0.39, 0.29) is 24.0 Å². The first kappa shape index (κ1) is 30.1. The van der Waals surface area contributed by atoms with Crippen LogP contribution in [0.2, 0.25) is 0 Å². The average molecular weight is 560 g/mol. The summed E-state index contributed by atoms with van der Waals surface area (Å²) in [5.74, 6) is -2.06. The number of hydrogen-bond donors (Lipinski definition) is 4. The highest BCUT2D eigenvalue weighted by Gasteiger charge is 2.45. The van der Waals surface area contributed by atoms with E-state index in [0.29, 0.717) is 57.7 Å². The van der Waals surface area contributed by atoms with Crippen LogP contribution in [0.5, 0.6) is 0 Å². The third-order valence-corrected chi connectivity index (χ3v) is 7.23. The maximum absolute atomic E-state index is 13.1. The van der Waals surface area contributed by atoms with Crippen LogP contribution in [0.3, 0.4) is 0 Å². The number of nitrogens with one attached hydrogen (secondary N) is 4. The lowest BCUT2D eigenvalue weighted by molar-refractivity contribution is -0.136. The molecule has 2 saturated heterocycles. The molecule has 4 amide bonds. The molecule has 0 spiro atoms. The van der Waals surface area contributed by atoms with Gasteiger partial charge in [-0.15, -0.1) is 0 Å². The summed E-state index contributed by atoms with van der Waals surface area (Å²) in [6.07, 6.45) is 4.29. The van der Waals surface area contributed by atoms with Crippen LogP contribution >= 0.6 is 0 Å². The molecule has 3 heterocycles. The number of rotatable bonds is 17. The van der Waals surface area contributed by atoms with Crippen LogP contribution < -0.4 is 21.3 Å². The number of fused-ring (bicyclic) bond motifs is 1. The number of benzene rings is 1. The largest absolute Gasteiger partial charge is 0.384 e. The first-order chi connectivity index (χ1) is 19.6. The molecule has 3 aliphatic heterocycles. The summed E-state index contributed by atoms with van der Waals surface area (Å²) in [6, 6.07) is 4.66. The molecule has 1 atom stereocenters. The van der Waals surface area contributed by atoms with Crippen LogP contribution in [0.15, 0.2) is 18.2 Å². The predicted molar refractivity (Wildman–Crippen MR) is 147 cm³/mol. The molecule has 4 N–H and O–H groups in total. The minimum absolute atomic E-state index is 0.0878. The van der Waals surface area contributed by atoms with Crippen molar-refractivity contribution in [2.75, 3.05) is 71.1 Å². The minimum Gasteiger partial charge on any atom is -0.384 e. The van der Waals surface area contributed by atoms with Gasteiger partial charge >= 0.3 is 0 Å². The minimum atomic E-state index is -0.980. The van der Waals surface area contributed by atoms with E-state index in [1.54, 1.807) is 18.2 Å². The van der Waals surface area contributed by atoms with Gasteiger partial charge in [0.2, 0.25) is 11.8 Å². The lowest BCUT2D eigenvalue weighted by atomic mass is 10.0. The first-order valence-electron chi connectivity index (χ1n) is 14.3. The molecule has 0 radical (unpaired) electrons. The molecule has 40 heavy (non-hydrogen) atoms. The van der Waals surface area contributed by atoms with Crippen molar-refractivity contribution >= 4 is 29.3 Å². The van der Waals surface area contributed by atoms with Crippen molar-refractivity contribution in [3.05, 3.63) is 29.3 Å². The standard InChI is InChI=1S/C28H41N5O7/c34-24-7-6-23(26(35)32-24)33-27(36)21-4-1-5-22(25(21)28(33)37)31-11-3-15-39-17-19-40-18-16-38-14-2-10-30-20-8-12-29-13-9-20/h1,4-5,20,23,29-31H,2-3,6-19H2,(H,32,34,35). The van der Waals surface area contributed by atoms with Crippen LogP contribution in [0.1, 0.15) is 59.2 Å². The molecule has 0 saturated carbocycles. The topological polar surface area (TPSA) is 147 Å². The number of ether oxygens (including phenoxy) is 3. The molecular weight excluding hydrogens is 518 g/mol. The molecule has 12 nitrogen and oxygen atoms in total. The number of imide groups is 2. The zero-order valence-corrected chi connectivity index (χ0v) is 23.0. The molecule has 220 valence electrons. The Labute approximate surface area is 234 Å². The number of piperidine rings is 2. The van der Waals surface area contributed by atoms with E-state index in [9.17, 15) is 19.2 Å². The molecule has 12 heteroatoms. The van der Waals surface area contributed by atoms with Gasteiger partial charge in [0.15, 0.2) is 0 Å². The summed E-state index contributed by atoms with van der Waals surface area (Å²) in [4.78, 5) is 50.7. The Balaban J connectivity index is 1.03. The van der Waals surface area contributed by atoms with E-state index in [0.717, 1.165) is 37.6 Å². The van der Waals surface area contributed by atoms with Crippen LogP contribution in [0, 0.1) is 0 Å². The van der Waals surface area contributed by atoms with E-state index in [1.165, 1.54) is 12.8 Å². The number of carbonyl (C=O) groups is 4. The highest BCUT2D eigenvalue weighted by molar-refractivity contribution is 6.25. The molecular formula is C28H41N5O7. The van der Waals surface area contributed by atoms with Crippen LogP contribution in [0.4, 0.5) is 5.69 Å². The quantitative estimate of drug-likeness (QED) is 0.159. The summed E-state index contributed by atoms with van der Waals surface area (Å²) >= 11 is 0. The first-order valence-corrected chi connectivity index (χ1v) is 14.3. The SMILES string of the molecule is O=C1CCC(N2C(=O)c3cccc(NCCCOCCOCCOCCCNC4CCNCC4)c3C2=O)C(=O)N1. The van der Waals surface area contributed by atoms with Gasteiger partial charge in [-0.3, -0.25) is 29.4 Å². The van der Waals surface area contributed by atoms with Gasteiger partial charge in [0.05, 0.1) is 37.6 Å². The number of anilines is 1. The fourth-order valence-corrected chi connectivity index (χ4v) is 5.11. The van der Waals surface area contributed by atoms with Gasteiger partial charge in [-0.2, -0.15) is 0 Å². The lowest BCUT2D eigenvalue weighted by Crippen LogP contribution is -2.54. The number of carbonyl (C=O) groups excluding carboxylic acids is 4. The molecule has 1 unspecified atom stereocenters. The Hall–Kier alpha value is -2.90. The highest BCUT2D eigenvalue weighted by Crippen LogP contribution is 2.32. The Bertz CT molecular complexity index is 1030. The van der Waals surface area contributed by atoms with Crippen LogP contribution in [-0.4, -0.2) is 106 Å². The van der Waals surface area contributed by atoms with Crippen molar-refractivity contribution in [2.45, 2.75) is 50.6 Å². The molecule has 1 aromatic carbocycles. The van der Waals surface area contributed by atoms with Crippen LogP contribution in [-0.2, 0) is 23.8 Å². The van der Waals surface area contributed by atoms with E-state index in [4.69, 9.17) is 14.2 Å². The van der Waals surface area contributed by atoms with Crippen LogP contribution in [0.25, 0.3) is 0 Å². The normalized spacial score (nSPS) is 19.7. The van der Waals surface area contributed by atoms with Gasteiger partial charge in [-0.1, -0.05) is 6.07 Å². The number of hydrogen-bond acceptors (Lipinski definition) is 10. The van der Waals surface area contributed by atoms with Gasteiger partial charge in [0, 0.05) is 37.9 Å². The predicted octanol–water partition coefficient (Wildman–Crippen LogP) is 0.671. The van der Waals surface area contributed by atoms with E-state index in [2.05, 4.69) is 21.3 Å². The third kappa shape index (κ3) is 8.31. The highest BCUT2D eigenvalue weighted by atomic mass is 16.5. The zero-order chi connectivity index (χ0) is 28.2. The third-order valence-electron chi connectivity index (χ3n) is 7.23. The molecule has 0 bridgehead atoms. The molecule has 1 aromatic rings. The second kappa shape index (κ2) is 15.8. The lowest BCUT2D eigenvalue weighted by Gasteiger charge is -2.27. The number of nitrogens with zero attached hydrogens (tertiary/aromatic N) is 1. The van der Waals surface area contributed by atoms with Gasteiger partial charge in [0.1, 0.15) is 6.04 Å². The Morgan fingerprint density at radius 1 is 0.825 bits per heavy atom. The summed E-state index contributed by atoms with van der Waals surface area (Å²) < 4.78 is 16.8. The van der Waals surface area contributed by atoms with Crippen molar-refractivity contribution in [3.63, 3.8) is 0 Å². The fourth-order valence-electron chi connectivity index (χ4n) is 5.11. The molecule has 2 fully saturated rings. The van der Waals surface area contributed by atoms with Crippen molar-refractivity contribution < 1.29 is 33.4 Å². The van der Waals surface area contributed by atoms with Crippen molar-refractivity contribution in [1.29, 1.82) is 0 Å². The van der Waals surface area contributed by atoms with Gasteiger partial charge < -0.3 is 30.2 Å². The van der Waals surface area contributed by atoms with Gasteiger partial charge in [-0.05, 0) is 63.9 Å². The van der Waals surface area contributed by atoms with E-state index in [1.807, 2.05) is 0 Å². The molecule has 0 aromatic heterocycles. The summed E-state index contributed by atoms with van der Waals surface area (Å²) in [5.41, 5.74) is 1.05. The summed E-state index contributed by atoms with van der Waals surface area (Å²) in [7, 11) is 0. The average Bonchev–Trinajstić information content (AvgIpc) is 3.21. The van der Waals surface area contributed by atoms with E-state index < -0.39 is 29.7 Å². The van der Waals surface area contributed by atoms with Crippen molar-refractivity contribution in [3.8, 4) is 0 Å². The van der Waals surface area contributed by atoms with E-state index >= 15 is 0 Å².